The molecule has 1 aliphatic heterocycles. The lowest BCUT2D eigenvalue weighted by molar-refractivity contribution is -0.131. The monoisotopic (exact) mass is 368 g/mol. The Bertz CT molecular complexity index is 599. The third kappa shape index (κ3) is 5.94. The van der Waals surface area contributed by atoms with Crippen LogP contribution in [0.1, 0.15) is 40.5 Å². The molecule has 0 spiro atoms. The van der Waals surface area contributed by atoms with Gasteiger partial charge in [-0.05, 0) is 36.8 Å². The first kappa shape index (κ1) is 20.6. The summed E-state index contributed by atoms with van der Waals surface area (Å²) < 4.78 is 32.5. The van der Waals surface area contributed by atoms with Gasteiger partial charge in [-0.3, -0.25) is 4.79 Å². The number of carbonyl (C=O) groups excluding carboxylic acids is 1. The fraction of sp³-hybridized carbons (Fsp3) is 0.650. The van der Waals surface area contributed by atoms with Gasteiger partial charge in [0.05, 0.1) is 0 Å². The van der Waals surface area contributed by atoms with Crippen LogP contribution < -0.4 is 10.1 Å². The maximum Gasteiger partial charge on any atom is 0.261 e. The van der Waals surface area contributed by atoms with Crippen LogP contribution in [0.25, 0.3) is 0 Å². The van der Waals surface area contributed by atoms with Gasteiger partial charge >= 0.3 is 0 Å². The molecule has 0 unspecified atom stereocenters. The summed E-state index contributed by atoms with van der Waals surface area (Å²) in [6, 6.07) is 3.21. The smallest absolute Gasteiger partial charge is 0.261 e. The van der Waals surface area contributed by atoms with Gasteiger partial charge in [-0.2, -0.15) is 0 Å². The van der Waals surface area contributed by atoms with Gasteiger partial charge in [0.1, 0.15) is 5.82 Å². The Kier molecular flexibility index (Phi) is 7.38. The number of carbonyl (C=O) groups is 1. The van der Waals surface area contributed by atoms with Crippen molar-refractivity contribution < 1.29 is 18.3 Å². The van der Waals surface area contributed by atoms with E-state index < -0.39 is 17.7 Å². The molecule has 0 aliphatic carbocycles. The average Bonchev–Trinajstić information content (AvgIpc) is 2.55. The van der Waals surface area contributed by atoms with E-state index in [1.54, 1.807) is 0 Å². The number of piperidine rings is 1. The molecule has 26 heavy (non-hydrogen) atoms. The second kappa shape index (κ2) is 9.31. The summed E-state index contributed by atoms with van der Waals surface area (Å²) >= 11 is 0. The number of likely N-dealkylation sites (tertiary alicyclic amines) is 1. The van der Waals surface area contributed by atoms with Crippen molar-refractivity contribution in [2.75, 3.05) is 19.6 Å². The van der Waals surface area contributed by atoms with Crippen molar-refractivity contribution in [2.24, 2.45) is 11.8 Å². The van der Waals surface area contributed by atoms with Crippen LogP contribution in [-0.2, 0) is 4.79 Å². The molecule has 1 aromatic carbocycles. The van der Waals surface area contributed by atoms with Crippen LogP contribution in [0.3, 0.4) is 0 Å². The molecule has 1 fully saturated rings. The first-order chi connectivity index (χ1) is 12.3. The largest absolute Gasteiger partial charge is 0.477 e. The second-order valence-electron chi connectivity index (χ2n) is 7.83. The minimum absolute atomic E-state index is 0.105. The van der Waals surface area contributed by atoms with Crippen LogP contribution in [0.5, 0.6) is 5.75 Å². The van der Waals surface area contributed by atoms with Gasteiger partial charge in [-0.1, -0.05) is 27.7 Å². The van der Waals surface area contributed by atoms with Crippen LogP contribution >= 0.6 is 0 Å². The van der Waals surface area contributed by atoms with Gasteiger partial charge in [0.2, 0.25) is 0 Å². The molecule has 1 aliphatic rings. The first-order valence-corrected chi connectivity index (χ1v) is 9.40. The molecule has 1 saturated heterocycles. The molecule has 0 bridgehead atoms. The summed E-state index contributed by atoms with van der Waals surface area (Å²) in [6.07, 6.45) is 0.978. The predicted octanol–water partition coefficient (Wildman–Crippen LogP) is 3.60. The standard InChI is InChI=1S/C20H30F2N2O2/c1-13(2)12-24-9-7-16(8-10-24)23-20(25)19(14(3)4)26-18-6-5-15(21)11-17(18)22/h5-6,11,13-14,16,19H,7-10,12H2,1-4H3,(H,23,25)/t19-/m0/s1. The zero-order chi connectivity index (χ0) is 19.3. The summed E-state index contributed by atoms with van der Waals surface area (Å²) in [5.74, 6) is -1.33. The van der Waals surface area contributed by atoms with E-state index in [1.807, 2.05) is 13.8 Å². The molecule has 0 aromatic heterocycles. The molecule has 6 heteroatoms. The van der Waals surface area contributed by atoms with Crippen LogP contribution in [0.2, 0.25) is 0 Å². The number of hydrogen-bond acceptors (Lipinski definition) is 3. The van der Waals surface area contributed by atoms with E-state index in [0.29, 0.717) is 5.92 Å². The highest BCUT2D eigenvalue weighted by molar-refractivity contribution is 5.81. The zero-order valence-electron chi connectivity index (χ0n) is 16.1. The summed E-state index contributed by atoms with van der Waals surface area (Å²) in [6.45, 7) is 11.1. The third-order valence-electron chi connectivity index (χ3n) is 4.57. The number of nitrogens with zero attached hydrogens (tertiary/aromatic N) is 1. The van der Waals surface area contributed by atoms with Gasteiger partial charge < -0.3 is 15.0 Å². The van der Waals surface area contributed by atoms with E-state index in [2.05, 4.69) is 24.1 Å². The zero-order valence-corrected chi connectivity index (χ0v) is 16.1. The summed E-state index contributed by atoms with van der Waals surface area (Å²) in [5, 5.41) is 3.04. The molecule has 0 saturated carbocycles. The molecular weight excluding hydrogens is 338 g/mol. The van der Waals surface area contributed by atoms with E-state index in [4.69, 9.17) is 4.74 Å². The molecule has 1 N–H and O–H groups in total. The third-order valence-corrected chi connectivity index (χ3v) is 4.57. The lowest BCUT2D eigenvalue weighted by Gasteiger charge is -2.34. The molecule has 1 amide bonds. The van der Waals surface area contributed by atoms with E-state index in [0.717, 1.165) is 44.6 Å². The number of benzene rings is 1. The van der Waals surface area contributed by atoms with Gasteiger partial charge in [0.15, 0.2) is 17.7 Å². The molecule has 146 valence electrons. The molecule has 4 nitrogen and oxygen atoms in total. The molecule has 1 heterocycles. The maximum atomic E-state index is 13.8. The molecule has 1 aromatic rings. The van der Waals surface area contributed by atoms with E-state index in [9.17, 15) is 13.6 Å². The van der Waals surface area contributed by atoms with Crippen LogP contribution in [0.15, 0.2) is 18.2 Å². The first-order valence-electron chi connectivity index (χ1n) is 9.40. The lowest BCUT2D eigenvalue weighted by Crippen LogP contribution is -2.50. The fourth-order valence-electron chi connectivity index (χ4n) is 3.26. The van der Waals surface area contributed by atoms with Crippen molar-refractivity contribution in [2.45, 2.75) is 52.7 Å². The van der Waals surface area contributed by atoms with Crippen molar-refractivity contribution >= 4 is 5.91 Å². The highest BCUT2D eigenvalue weighted by atomic mass is 19.1. The van der Waals surface area contributed by atoms with Crippen molar-refractivity contribution in [3.8, 4) is 5.75 Å². The molecular formula is C20H30F2N2O2. The number of ether oxygens (including phenoxy) is 1. The Morgan fingerprint density at radius 1 is 1.23 bits per heavy atom. The molecule has 0 radical (unpaired) electrons. The minimum atomic E-state index is -0.816. The summed E-state index contributed by atoms with van der Waals surface area (Å²) in [7, 11) is 0. The predicted molar refractivity (Wildman–Crippen MR) is 98.1 cm³/mol. The van der Waals surface area contributed by atoms with Crippen molar-refractivity contribution in [3.05, 3.63) is 29.8 Å². The number of hydrogen-bond donors (Lipinski definition) is 1. The Hall–Kier alpha value is -1.69. The van der Waals surface area contributed by atoms with Crippen LogP contribution in [-0.4, -0.2) is 42.6 Å². The second-order valence-corrected chi connectivity index (χ2v) is 7.83. The highest BCUT2D eigenvalue weighted by Crippen LogP contribution is 2.22. The van der Waals surface area contributed by atoms with Gasteiger partial charge in [0.25, 0.3) is 5.91 Å². The molecule has 1 atom stereocenters. The van der Waals surface area contributed by atoms with Crippen molar-refractivity contribution in [1.29, 1.82) is 0 Å². The Balaban J connectivity index is 1.92. The van der Waals surface area contributed by atoms with E-state index in [-0.39, 0.29) is 23.6 Å². The highest BCUT2D eigenvalue weighted by Gasteiger charge is 2.29. The number of rotatable bonds is 7. The maximum absolute atomic E-state index is 13.8. The summed E-state index contributed by atoms with van der Waals surface area (Å²) in [5.41, 5.74) is 0. The van der Waals surface area contributed by atoms with Crippen molar-refractivity contribution in [3.63, 3.8) is 0 Å². The fourth-order valence-corrected chi connectivity index (χ4v) is 3.26. The topological polar surface area (TPSA) is 41.6 Å². The van der Waals surface area contributed by atoms with Gasteiger partial charge in [0, 0.05) is 31.7 Å². The minimum Gasteiger partial charge on any atom is -0.477 e. The van der Waals surface area contributed by atoms with Crippen molar-refractivity contribution in [1.82, 2.24) is 10.2 Å². The number of halogens is 2. The Morgan fingerprint density at radius 3 is 2.42 bits per heavy atom. The normalized spacial score (nSPS) is 17.5. The molecule has 2 rings (SSSR count). The quantitative estimate of drug-likeness (QED) is 0.799. The SMILES string of the molecule is CC(C)CN1CCC(NC(=O)[C@@H](Oc2ccc(F)cc2F)C(C)C)CC1. The van der Waals surface area contributed by atoms with Crippen LogP contribution in [0, 0.1) is 23.5 Å². The number of amides is 1. The average molecular weight is 368 g/mol. The Morgan fingerprint density at radius 2 is 1.88 bits per heavy atom. The van der Waals surface area contributed by atoms with Gasteiger partial charge in [-0.15, -0.1) is 0 Å². The Labute approximate surface area is 154 Å². The lowest BCUT2D eigenvalue weighted by atomic mass is 10.0. The summed E-state index contributed by atoms with van der Waals surface area (Å²) in [4.78, 5) is 15.1. The van der Waals surface area contributed by atoms with E-state index in [1.165, 1.54) is 6.07 Å². The van der Waals surface area contributed by atoms with Gasteiger partial charge in [-0.25, -0.2) is 8.78 Å². The van der Waals surface area contributed by atoms with Crippen LogP contribution in [0.4, 0.5) is 8.78 Å². The van der Waals surface area contributed by atoms with E-state index >= 15 is 0 Å². The number of nitrogens with one attached hydrogen (secondary N) is 1.